The number of rotatable bonds is 0. The van der Waals surface area contributed by atoms with Gasteiger partial charge in [-0.15, -0.1) is 0 Å². The van der Waals surface area contributed by atoms with Crippen LogP contribution >= 0.6 is 15.9 Å². The highest BCUT2D eigenvalue weighted by Crippen LogP contribution is 2.36. The molecule has 122 valence electrons. The van der Waals surface area contributed by atoms with Crippen LogP contribution in [-0.4, -0.2) is 14.5 Å². The summed E-state index contributed by atoms with van der Waals surface area (Å²) in [6.07, 6.45) is 3.64. The molecular weight excluding hydrogens is 379 g/mol. The monoisotopic (exact) mass is 390 g/mol. The van der Waals surface area contributed by atoms with E-state index in [0.29, 0.717) is 15.0 Å². The van der Waals surface area contributed by atoms with Crippen molar-refractivity contribution in [3.8, 4) is 0 Å². The smallest absolute Gasteiger partial charge is 0.272 e. The van der Waals surface area contributed by atoms with Gasteiger partial charge in [-0.1, -0.05) is 15.9 Å². The number of imidazole rings is 1. The van der Waals surface area contributed by atoms with E-state index >= 15 is 0 Å². The van der Waals surface area contributed by atoms with Crippen molar-refractivity contribution >= 4 is 32.9 Å². The normalized spacial score (nSPS) is 18.8. The Morgan fingerprint density at radius 3 is 2.92 bits per heavy atom. The molecule has 4 rings (SSSR count). The van der Waals surface area contributed by atoms with Crippen LogP contribution in [0.3, 0.4) is 0 Å². The van der Waals surface area contributed by atoms with Crippen LogP contribution in [-0.2, 0) is 0 Å². The molecule has 9 heteroatoms. The van der Waals surface area contributed by atoms with E-state index in [1.54, 1.807) is 4.68 Å². The zero-order valence-corrected chi connectivity index (χ0v) is 14.3. The minimum Gasteiger partial charge on any atom is -0.594 e. The highest BCUT2D eigenvalue weighted by molar-refractivity contribution is 9.10. The molecule has 0 fully saturated rings. The van der Waals surface area contributed by atoms with Crippen LogP contribution in [0.5, 0.6) is 0 Å². The number of aromatic nitrogens is 2. The molecule has 0 saturated carbocycles. The van der Waals surface area contributed by atoms with Crippen LogP contribution in [0.1, 0.15) is 18.4 Å². The molecule has 0 aliphatic carbocycles. The summed E-state index contributed by atoms with van der Waals surface area (Å²) in [6, 6.07) is 2.80. The standard InChI is InChI=1S/C15H12BrFN6O/c1-7-3-11(20-22-6-8(2)18-15(7)22)14-19-13-10(17)4-9(16)5-12(13)23(24)21-14/h3-6,19-20H,1-2H3. The van der Waals surface area contributed by atoms with E-state index in [2.05, 4.69) is 36.8 Å². The van der Waals surface area contributed by atoms with Crippen LogP contribution in [0.25, 0.3) is 5.57 Å². The van der Waals surface area contributed by atoms with E-state index in [9.17, 15) is 9.60 Å². The van der Waals surface area contributed by atoms with Crippen molar-refractivity contribution in [2.75, 3.05) is 10.7 Å². The fraction of sp³-hybridized carbons (Fsp3) is 0.133. The number of nitrogens with zero attached hydrogens (tertiary/aromatic N) is 4. The van der Waals surface area contributed by atoms with E-state index < -0.39 is 5.82 Å². The predicted molar refractivity (Wildman–Crippen MR) is 90.4 cm³/mol. The Balaban J connectivity index is 1.83. The summed E-state index contributed by atoms with van der Waals surface area (Å²) in [5.41, 5.74) is 5.62. The van der Waals surface area contributed by atoms with Crippen molar-refractivity contribution in [2.45, 2.75) is 13.8 Å². The van der Waals surface area contributed by atoms with Crippen molar-refractivity contribution in [1.29, 1.82) is 0 Å². The summed E-state index contributed by atoms with van der Waals surface area (Å²) in [6.45, 7) is 3.79. The molecule has 2 N–H and O–H groups in total. The van der Waals surface area contributed by atoms with E-state index in [-0.39, 0.29) is 17.2 Å². The number of azo groups is 1. The molecule has 2 aliphatic heterocycles. The van der Waals surface area contributed by atoms with Crippen molar-refractivity contribution in [1.82, 2.24) is 9.66 Å². The number of hydrogen-bond donors (Lipinski definition) is 2. The van der Waals surface area contributed by atoms with Crippen LogP contribution in [0.15, 0.2) is 45.5 Å². The quantitative estimate of drug-likeness (QED) is 0.527. The Labute approximate surface area is 144 Å². The first-order chi connectivity index (χ1) is 11.4. The lowest BCUT2D eigenvalue weighted by Gasteiger charge is -2.21. The predicted octanol–water partition coefficient (Wildman–Crippen LogP) is 3.94. The van der Waals surface area contributed by atoms with Gasteiger partial charge in [0.1, 0.15) is 5.70 Å². The molecule has 0 radical (unpaired) electrons. The number of nitrogens with one attached hydrogen (secondary N) is 2. The molecule has 3 heterocycles. The Morgan fingerprint density at radius 2 is 2.12 bits per heavy atom. The molecule has 1 aromatic carbocycles. The Bertz CT molecular complexity index is 975. The van der Waals surface area contributed by atoms with E-state index in [0.717, 1.165) is 17.1 Å². The zero-order chi connectivity index (χ0) is 17.0. The third-order valence-electron chi connectivity index (χ3n) is 3.71. The first-order valence-corrected chi connectivity index (χ1v) is 7.92. The lowest BCUT2D eigenvalue weighted by molar-refractivity contribution is -0.439. The molecule has 2 aromatic rings. The fourth-order valence-electron chi connectivity index (χ4n) is 2.67. The molecular formula is C15H12BrFN6O. The first-order valence-electron chi connectivity index (χ1n) is 7.13. The summed E-state index contributed by atoms with van der Waals surface area (Å²) in [7, 11) is 0. The number of halogens is 2. The minimum atomic E-state index is -0.538. The van der Waals surface area contributed by atoms with Crippen LogP contribution in [0, 0.1) is 17.9 Å². The van der Waals surface area contributed by atoms with Gasteiger partial charge in [0.05, 0.1) is 5.69 Å². The maximum absolute atomic E-state index is 14.2. The Kier molecular flexibility index (Phi) is 3.20. The summed E-state index contributed by atoms with van der Waals surface area (Å²) in [5, 5.41) is 19.0. The minimum absolute atomic E-state index is 0.0890. The molecule has 0 spiro atoms. The van der Waals surface area contributed by atoms with Crippen LogP contribution in [0.2, 0.25) is 0 Å². The lowest BCUT2D eigenvalue weighted by atomic mass is 10.2. The van der Waals surface area contributed by atoms with Crippen LogP contribution < -0.4 is 10.7 Å². The van der Waals surface area contributed by atoms with Gasteiger partial charge in [-0.05, 0) is 36.4 Å². The van der Waals surface area contributed by atoms with Crippen molar-refractivity contribution in [2.24, 2.45) is 5.11 Å². The summed E-state index contributed by atoms with van der Waals surface area (Å²) in [4.78, 5) is 4.81. The van der Waals surface area contributed by atoms with Gasteiger partial charge in [0.2, 0.25) is 5.82 Å². The highest BCUT2D eigenvalue weighted by atomic mass is 79.9. The highest BCUT2D eigenvalue weighted by Gasteiger charge is 2.27. The Morgan fingerprint density at radius 1 is 1.33 bits per heavy atom. The number of allylic oxidation sites excluding steroid dienone is 2. The molecule has 1 aromatic heterocycles. The Hall–Kier alpha value is -2.68. The van der Waals surface area contributed by atoms with Gasteiger partial charge >= 0.3 is 0 Å². The second-order valence-corrected chi connectivity index (χ2v) is 6.47. The summed E-state index contributed by atoms with van der Waals surface area (Å²) >= 11 is 3.17. The summed E-state index contributed by atoms with van der Waals surface area (Å²) in [5.74, 6) is 0.473. The van der Waals surface area contributed by atoms with Crippen molar-refractivity contribution < 1.29 is 9.25 Å². The second kappa shape index (κ2) is 5.17. The molecule has 2 aliphatic rings. The number of benzene rings is 1. The third kappa shape index (κ3) is 2.28. The first kappa shape index (κ1) is 14.9. The van der Waals surface area contributed by atoms with Gasteiger partial charge in [-0.2, -0.15) is 0 Å². The average molecular weight is 391 g/mol. The largest absolute Gasteiger partial charge is 0.594 e. The molecule has 7 nitrogen and oxygen atoms in total. The van der Waals surface area contributed by atoms with E-state index in [1.165, 1.54) is 12.1 Å². The average Bonchev–Trinajstić information content (AvgIpc) is 2.89. The van der Waals surface area contributed by atoms with Gasteiger partial charge in [0, 0.05) is 21.9 Å². The van der Waals surface area contributed by atoms with Gasteiger partial charge < -0.3 is 10.5 Å². The topological polar surface area (TPSA) is 80.3 Å². The van der Waals surface area contributed by atoms with Gasteiger partial charge in [-0.25, -0.2) is 14.1 Å². The number of anilines is 1. The second-order valence-electron chi connectivity index (χ2n) is 5.56. The van der Waals surface area contributed by atoms with Gasteiger partial charge in [-0.3, -0.25) is 5.43 Å². The third-order valence-corrected chi connectivity index (χ3v) is 4.17. The number of hydrogen-bond acceptors (Lipinski definition) is 5. The summed E-state index contributed by atoms with van der Waals surface area (Å²) < 4.78 is 16.4. The molecule has 0 bridgehead atoms. The van der Waals surface area contributed by atoms with E-state index in [1.807, 2.05) is 26.1 Å². The zero-order valence-electron chi connectivity index (χ0n) is 12.8. The SMILES string of the molecule is CC1=CC(=C2N=[N+]([O-])c3cc(Br)cc(F)c3N2)Nn2cc(C)nc21. The van der Waals surface area contributed by atoms with Crippen molar-refractivity contribution in [3.05, 3.63) is 62.9 Å². The lowest BCUT2D eigenvalue weighted by Crippen LogP contribution is -2.23. The van der Waals surface area contributed by atoms with Crippen LogP contribution in [0.4, 0.5) is 15.8 Å². The van der Waals surface area contributed by atoms with Gasteiger partial charge in [0.15, 0.2) is 17.3 Å². The maximum atomic E-state index is 14.2. The molecule has 24 heavy (non-hydrogen) atoms. The van der Waals surface area contributed by atoms with E-state index in [4.69, 9.17) is 0 Å². The maximum Gasteiger partial charge on any atom is 0.272 e. The molecule has 0 atom stereocenters. The van der Waals surface area contributed by atoms with Crippen molar-refractivity contribution in [3.63, 3.8) is 0 Å². The fourth-order valence-corrected chi connectivity index (χ4v) is 3.09. The molecule has 0 unspecified atom stereocenters. The number of aryl methyl sites for hydroxylation is 1. The number of fused-ring (bicyclic) bond motifs is 2. The van der Waals surface area contributed by atoms with Gasteiger partial charge in [0.25, 0.3) is 5.69 Å². The molecule has 0 saturated heterocycles. The molecule has 0 amide bonds.